The van der Waals surface area contributed by atoms with Gasteiger partial charge in [-0.3, -0.25) is 0 Å². The standard InChI is InChI=1S/C14H15NO3S/c1-14(2,3)11-10(13(17)18)19-12(15-11)8-5-4-6-9(16)7-8/h4-7,16H,1-3H3,(H,17,18). The van der Waals surface area contributed by atoms with Gasteiger partial charge in [0.2, 0.25) is 0 Å². The van der Waals surface area contributed by atoms with Crippen LogP contribution in [0.1, 0.15) is 36.1 Å². The van der Waals surface area contributed by atoms with Gasteiger partial charge in [-0.25, -0.2) is 9.78 Å². The van der Waals surface area contributed by atoms with E-state index >= 15 is 0 Å². The van der Waals surface area contributed by atoms with Crippen molar-refractivity contribution in [3.8, 4) is 16.3 Å². The first-order chi connectivity index (χ1) is 8.79. The molecule has 2 rings (SSSR count). The number of rotatable bonds is 2. The number of phenols is 1. The van der Waals surface area contributed by atoms with Gasteiger partial charge in [0.05, 0.1) is 5.69 Å². The van der Waals surface area contributed by atoms with Gasteiger partial charge in [0.15, 0.2) is 0 Å². The highest BCUT2D eigenvalue weighted by molar-refractivity contribution is 7.17. The third-order valence-electron chi connectivity index (χ3n) is 2.62. The molecule has 0 radical (unpaired) electrons. The molecule has 0 fully saturated rings. The lowest BCUT2D eigenvalue weighted by atomic mass is 9.91. The van der Waals surface area contributed by atoms with Gasteiger partial charge in [-0.2, -0.15) is 0 Å². The van der Waals surface area contributed by atoms with Crippen molar-refractivity contribution in [2.24, 2.45) is 0 Å². The van der Waals surface area contributed by atoms with Crippen molar-refractivity contribution in [3.63, 3.8) is 0 Å². The summed E-state index contributed by atoms with van der Waals surface area (Å²) in [7, 11) is 0. The van der Waals surface area contributed by atoms with E-state index in [1.807, 2.05) is 20.8 Å². The minimum absolute atomic E-state index is 0.141. The molecular weight excluding hydrogens is 262 g/mol. The van der Waals surface area contributed by atoms with Crippen LogP contribution >= 0.6 is 11.3 Å². The van der Waals surface area contributed by atoms with E-state index < -0.39 is 5.97 Å². The lowest BCUT2D eigenvalue weighted by molar-refractivity contribution is 0.0699. The summed E-state index contributed by atoms with van der Waals surface area (Å²) in [5.74, 6) is -0.823. The Bertz CT molecular complexity index is 626. The molecule has 0 saturated heterocycles. The van der Waals surface area contributed by atoms with Crippen molar-refractivity contribution < 1.29 is 15.0 Å². The Balaban J connectivity index is 2.58. The maximum atomic E-state index is 11.3. The summed E-state index contributed by atoms with van der Waals surface area (Å²) in [5, 5.41) is 19.4. The van der Waals surface area contributed by atoms with E-state index in [2.05, 4.69) is 4.98 Å². The second-order valence-corrected chi connectivity index (χ2v) is 6.30. The Morgan fingerprint density at radius 3 is 2.47 bits per heavy atom. The van der Waals surface area contributed by atoms with Crippen LogP contribution in [0, 0.1) is 0 Å². The van der Waals surface area contributed by atoms with Gasteiger partial charge in [-0.05, 0) is 12.1 Å². The van der Waals surface area contributed by atoms with E-state index in [1.54, 1.807) is 24.3 Å². The number of carboxylic acids is 1. The number of benzene rings is 1. The van der Waals surface area contributed by atoms with Crippen LogP contribution in [-0.2, 0) is 5.41 Å². The van der Waals surface area contributed by atoms with E-state index in [-0.39, 0.29) is 16.0 Å². The number of carboxylic acid groups (broad SMARTS) is 1. The van der Waals surface area contributed by atoms with Crippen LogP contribution < -0.4 is 0 Å². The summed E-state index contributed by atoms with van der Waals surface area (Å²) in [6, 6.07) is 6.66. The van der Waals surface area contributed by atoms with Crippen molar-refractivity contribution in [1.82, 2.24) is 4.98 Å². The molecule has 0 aliphatic heterocycles. The number of hydrogen-bond acceptors (Lipinski definition) is 4. The first-order valence-electron chi connectivity index (χ1n) is 5.83. The number of phenolic OH excluding ortho intramolecular Hbond substituents is 1. The van der Waals surface area contributed by atoms with Crippen LogP contribution in [0.2, 0.25) is 0 Å². The average Bonchev–Trinajstić information content (AvgIpc) is 2.73. The number of nitrogens with zero attached hydrogens (tertiary/aromatic N) is 1. The zero-order valence-electron chi connectivity index (χ0n) is 11.0. The number of thiazole rings is 1. The molecule has 0 atom stereocenters. The molecule has 2 aromatic rings. The van der Waals surface area contributed by atoms with E-state index in [0.29, 0.717) is 10.7 Å². The van der Waals surface area contributed by atoms with Crippen molar-refractivity contribution in [2.45, 2.75) is 26.2 Å². The van der Waals surface area contributed by atoms with Crippen LogP contribution in [-0.4, -0.2) is 21.2 Å². The Labute approximate surface area is 115 Å². The van der Waals surface area contributed by atoms with E-state index in [9.17, 15) is 15.0 Å². The van der Waals surface area contributed by atoms with Crippen LogP contribution in [0.5, 0.6) is 5.75 Å². The molecule has 4 nitrogen and oxygen atoms in total. The van der Waals surface area contributed by atoms with Crippen LogP contribution in [0.25, 0.3) is 10.6 Å². The molecule has 0 unspecified atom stereocenters. The number of aromatic nitrogens is 1. The zero-order valence-corrected chi connectivity index (χ0v) is 11.8. The fraction of sp³-hybridized carbons (Fsp3) is 0.286. The second kappa shape index (κ2) is 4.66. The third kappa shape index (κ3) is 2.76. The van der Waals surface area contributed by atoms with Crippen molar-refractivity contribution >= 4 is 17.3 Å². The summed E-state index contributed by atoms with van der Waals surface area (Å²) in [5.41, 5.74) is 0.964. The van der Waals surface area contributed by atoms with Gasteiger partial charge in [0.1, 0.15) is 15.6 Å². The molecule has 0 spiro atoms. The maximum absolute atomic E-state index is 11.3. The monoisotopic (exact) mass is 277 g/mol. The molecule has 100 valence electrons. The molecule has 0 aliphatic rings. The average molecular weight is 277 g/mol. The van der Waals surface area contributed by atoms with Gasteiger partial charge in [0.25, 0.3) is 0 Å². The smallest absolute Gasteiger partial charge is 0.347 e. The van der Waals surface area contributed by atoms with Gasteiger partial charge >= 0.3 is 5.97 Å². The molecule has 2 N–H and O–H groups in total. The predicted molar refractivity (Wildman–Crippen MR) is 74.9 cm³/mol. The SMILES string of the molecule is CC(C)(C)c1nc(-c2cccc(O)c2)sc1C(=O)O. The number of aromatic carboxylic acids is 1. The molecule has 1 aromatic heterocycles. The summed E-state index contributed by atoms with van der Waals surface area (Å²) < 4.78 is 0. The molecule has 0 aliphatic carbocycles. The first kappa shape index (κ1) is 13.5. The Morgan fingerprint density at radius 1 is 1.32 bits per heavy atom. The highest BCUT2D eigenvalue weighted by Gasteiger charge is 2.27. The second-order valence-electron chi connectivity index (χ2n) is 5.30. The number of hydrogen-bond donors (Lipinski definition) is 2. The van der Waals surface area contributed by atoms with Crippen LogP contribution in [0.4, 0.5) is 0 Å². The molecule has 1 heterocycles. The van der Waals surface area contributed by atoms with Crippen molar-refractivity contribution in [2.75, 3.05) is 0 Å². The highest BCUT2D eigenvalue weighted by atomic mass is 32.1. The molecule has 19 heavy (non-hydrogen) atoms. The van der Waals surface area contributed by atoms with E-state index in [1.165, 1.54) is 0 Å². The first-order valence-corrected chi connectivity index (χ1v) is 6.64. The molecular formula is C14H15NO3S. The van der Waals surface area contributed by atoms with E-state index in [4.69, 9.17) is 0 Å². The lowest BCUT2D eigenvalue weighted by Crippen LogP contribution is -2.16. The third-order valence-corrected chi connectivity index (χ3v) is 3.72. The van der Waals surface area contributed by atoms with E-state index in [0.717, 1.165) is 16.9 Å². The summed E-state index contributed by atoms with van der Waals surface area (Å²) in [6.45, 7) is 5.79. The predicted octanol–water partition coefficient (Wildman–Crippen LogP) is 3.51. The van der Waals surface area contributed by atoms with Crippen LogP contribution in [0.3, 0.4) is 0 Å². The summed E-state index contributed by atoms with van der Waals surface area (Å²) in [6.07, 6.45) is 0. The van der Waals surface area contributed by atoms with Crippen molar-refractivity contribution in [3.05, 3.63) is 34.8 Å². The van der Waals surface area contributed by atoms with Gasteiger partial charge in [-0.15, -0.1) is 11.3 Å². The van der Waals surface area contributed by atoms with Crippen molar-refractivity contribution in [1.29, 1.82) is 0 Å². The molecule has 0 saturated carbocycles. The molecule has 0 bridgehead atoms. The maximum Gasteiger partial charge on any atom is 0.347 e. The number of carbonyl (C=O) groups is 1. The molecule has 1 aromatic carbocycles. The largest absolute Gasteiger partial charge is 0.508 e. The highest BCUT2D eigenvalue weighted by Crippen LogP contribution is 2.35. The van der Waals surface area contributed by atoms with Gasteiger partial charge in [-0.1, -0.05) is 32.9 Å². The fourth-order valence-corrected chi connectivity index (χ4v) is 2.85. The zero-order chi connectivity index (χ0) is 14.2. The van der Waals surface area contributed by atoms with Gasteiger partial charge in [0, 0.05) is 11.0 Å². The summed E-state index contributed by atoms with van der Waals surface area (Å²) in [4.78, 5) is 16.0. The minimum atomic E-state index is -0.964. The number of aromatic hydroxyl groups is 1. The lowest BCUT2D eigenvalue weighted by Gasteiger charge is -2.15. The quantitative estimate of drug-likeness (QED) is 0.881. The Morgan fingerprint density at radius 2 is 2.00 bits per heavy atom. The summed E-state index contributed by atoms with van der Waals surface area (Å²) >= 11 is 1.13. The minimum Gasteiger partial charge on any atom is -0.508 e. The Kier molecular flexibility index (Phi) is 3.32. The van der Waals surface area contributed by atoms with Gasteiger partial charge < -0.3 is 10.2 Å². The molecule has 0 amide bonds. The Hall–Kier alpha value is -1.88. The molecule has 5 heteroatoms. The normalized spacial score (nSPS) is 11.5. The topological polar surface area (TPSA) is 70.4 Å². The van der Waals surface area contributed by atoms with Crippen LogP contribution in [0.15, 0.2) is 24.3 Å². The fourth-order valence-electron chi connectivity index (χ4n) is 1.74.